The Morgan fingerprint density at radius 2 is 0.867 bits per heavy atom. The molecule has 1 spiro atoms. The van der Waals surface area contributed by atoms with Crippen molar-refractivity contribution in [2.45, 2.75) is 5.41 Å². The lowest BCUT2D eigenvalue weighted by molar-refractivity contribution is 0.793. The highest BCUT2D eigenvalue weighted by molar-refractivity contribution is 6.32. The minimum absolute atomic E-state index is 0.566. The summed E-state index contributed by atoms with van der Waals surface area (Å²) in [5, 5.41) is 0.791. The lowest BCUT2D eigenvalue weighted by Gasteiger charge is -2.36. The third kappa shape index (κ3) is 3.68. The first kappa shape index (κ1) is 26.1. The average molecular weight is 594 g/mol. The highest BCUT2D eigenvalue weighted by Crippen LogP contribution is 2.66. The minimum Gasteiger partial charge on any atom is -0.310 e. The molecule has 2 aliphatic rings. The standard InChI is InChI=1S/C43H28ClN/c44-39-23-11-19-35-33-17-7-9-21-37(33)43(41(35)39)38-22-10-8-18-34(38)36-20-12-24-40(42(36)43)45(31-15-5-2-6-16-31)32-27-25-30(26-28-32)29-13-3-1-4-14-29/h1-28H. The van der Waals surface area contributed by atoms with Gasteiger partial charge in [0.25, 0.3) is 0 Å². The Bertz CT molecular complexity index is 2210. The van der Waals surface area contributed by atoms with Gasteiger partial charge in [0.2, 0.25) is 0 Å². The first-order chi connectivity index (χ1) is 22.3. The maximum atomic E-state index is 7.29. The van der Waals surface area contributed by atoms with Gasteiger partial charge in [0, 0.05) is 22.0 Å². The Morgan fingerprint density at radius 1 is 0.378 bits per heavy atom. The van der Waals surface area contributed by atoms with Crippen molar-refractivity contribution in [3.63, 3.8) is 0 Å². The SMILES string of the molecule is Clc1cccc2c1C1(c3ccccc3-2)c2ccccc2-c2cccc(N(c3ccccc3)c3ccc(-c4ccccc4)cc3)c21. The fourth-order valence-electron chi connectivity index (χ4n) is 7.81. The Hall–Kier alpha value is -5.37. The zero-order valence-corrected chi connectivity index (χ0v) is 25.2. The van der Waals surface area contributed by atoms with Gasteiger partial charge in [-0.15, -0.1) is 0 Å². The summed E-state index contributed by atoms with van der Waals surface area (Å²) in [4.78, 5) is 2.42. The van der Waals surface area contributed by atoms with Crippen LogP contribution in [0, 0.1) is 0 Å². The number of fused-ring (bicyclic) bond motifs is 10. The normalized spacial score (nSPS) is 15.3. The summed E-state index contributed by atoms with van der Waals surface area (Å²) in [6.07, 6.45) is 0. The van der Waals surface area contributed by atoms with Gasteiger partial charge < -0.3 is 4.90 Å². The Kier molecular flexibility index (Phi) is 5.84. The summed E-state index contributed by atoms with van der Waals surface area (Å²) in [5.74, 6) is 0. The quantitative estimate of drug-likeness (QED) is 0.196. The van der Waals surface area contributed by atoms with Crippen LogP contribution in [0.2, 0.25) is 5.02 Å². The molecular formula is C43H28ClN. The summed E-state index contributed by atoms with van der Waals surface area (Å²) < 4.78 is 0. The Morgan fingerprint density at radius 3 is 1.53 bits per heavy atom. The molecule has 0 radical (unpaired) electrons. The second-order valence-corrected chi connectivity index (χ2v) is 12.2. The van der Waals surface area contributed by atoms with Crippen LogP contribution in [0.4, 0.5) is 17.1 Å². The van der Waals surface area contributed by atoms with Gasteiger partial charge in [-0.1, -0.05) is 145 Å². The van der Waals surface area contributed by atoms with Gasteiger partial charge in [-0.3, -0.25) is 0 Å². The summed E-state index contributed by atoms with van der Waals surface area (Å²) in [6, 6.07) is 61.1. The highest BCUT2D eigenvalue weighted by atomic mass is 35.5. The number of nitrogens with zero attached hydrogens (tertiary/aromatic N) is 1. The van der Waals surface area contributed by atoms with Crippen molar-refractivity contribution < 1.29 is 0 Å². The van der Waals surface area contributed by atoms with Crippen LogP contribution in [-0.2, 0) is 5.41 Å². The molecule has 2 aliphatic carbocycles. The summed E-state index contributed by atoms with van der Waals surface area (Å²) in [7, 11) is 0. The molecule has 7 aromatic carbocycles. The van der Waals surface area contributed by atoms with E-state index in [9.17, 15) is 0 Å². The molecule has 0 amide bonds. The van der Waals surface area contributed by atoms with Crippen molar-refractivity contribution >= 4 is 28.7 Å². The van der Waals surface area contributed by atoms with Crippen LogP contribution in [0.5, 0.6) is 0 Å². The van der Waals surface area contributed by atoms with Crippen molar-refractivity contribution in [2.24, 2.45) is 0 Å². The van der Waals surface area contributed by atoms with Crippen LogP contribution >= 0.6 is 11.6 Å². The van der Waals surface area contributed by atoms with Crippen LogP contribution in [0.15, 0.2) is 170 Å². The Balaban J connectivity index is 1.37. The van der Waals surface area contributed by atoms with Gasteiger partial charge in [0.15, 0.2) is 0 Å². The second-order valence-electron chi connectivity index (χ2n) is 11.8. The van der Waals surface area contributed by atoms with Crippen molar-refractivity contribution in [2.75, 3.05) is 4.90 Å². The van der Waals surface area contributed by atoms with Crippen molar-refractivity contribution in [3.05, 3.63) is 197 Å². The molecule has 2 heteroatoms. The second kappa shape index (κ2) is 10.1. The van der Waals surface area contributed by atoms with E-state index in [1.165, 1.54) is 55.6 Å². The zero-order chi connectivity index (χ0) is 30.0. The van der Waals surface area contributed by atoms with Crippen LogP contribution in [0.25, 0.3) is 33.4 Å². The number of halogens is 1. The molecule has 0 aliphatic heterocycles. The molecule has 9 rings (SSSR count). The third-order valence-corrected chi connectivity index (χ3v) is 9.85. The van der Waals surface area contributed by atoms with Crippen molar-refractivity contribution in [1.82, 2.24) is 0 Å². The average Bonchev–Trinajstić information content (AvgIpc) is 3.58. The largest absolute Gasteiger partial charge is 0.310 e. The van der Waals surface area contributed by atoms with Crippen LogP contribution in [0.1, 0.15) is 22.3 Å². The maximum Gasteiger partial charge on any atom is 0.0760 e. The van der Waals surface area contributed by atoms with E-state index < -0.39 is 5.41 Å². The van der Waals surface area contributed by atoms with Gasteiger partial charge in [-0.2, -0.15) is 0 Å². The number of hydrogen-bond donors (Lipinski definition) is 0. The molecule has 0 saturated heterocycles. The lowest BCUT2D eigenvalue weighted by Crippen LogP contribution is -2.28. The molecule has 0 bridgehead atoms. The van der Waals surface area contributed by atoms with E-state index in [2.05, 4.69) is 175 Å². The molecule has 1 unspecified atom stereocenters. The molecule has 0 fully saturated rings. The topological polar surface area (TPSA) is 3.24 Å². The van der Waals surface area contributed by atoms with Crippen molar-refractivity contribution in [1.29, 1.82) is 0 Å². The van der Waals surface area contributed by atoms with E-state index in [4.69, 9.17) is 11.6 Å². The number of para-hydroxylation sites is 1. The first-order valence-electron chi connectivity index (χ1n) is 15.4. The van der Waals surface area contributed by atoms with Gasteiger partial charge in [-0.05, 0) is 86.5 Å². The summed E-state index contributed by atoms with van der Waals surface area (Å²) in [5.41, 5.74) is 15.1. The van der Waals surface area contributed by atoms with E-state index >= 15 is 0 Å². The Labute approximate surface area is 268 Å². The smallest absolute Gasteiger partial charge is 0.0760 e. The fraction of sp³-hybridized carbons (Fsp3) is 0.0233. The predicted octanol–water partition coefficient (Wildman–Crippen LogP) is 11.8. The summed E-state index contributed by atoms with van der Waals surface area (Å²) >= 11 is 7.29. The molecule has 212 valence electrons. The number of rotatable bonds is 4. The molecule has 0 N–H and O–H groups in total. The molecule has 45 heavy (non-hydrogen) atoms. The molecule has 0 heterocycles. The van der Waals surface area contributed by atoms with Crippen LogP contribution in [0.3, 0.4) is 0 Å². The molecule has 0 saturated carbocycles. The first-order valence-corrected chi connectivity index (χ1v) is 15.8. The lowest BCUT2D eigenvalue weighted by atomic mass is 9.70. The van der Waals surface area contributed by atoms with E-state index in [0.717, 1.165) is 22.1 Å². The molecule has 1 nitrogen and oxygen atoms in total. The molecule has 0 aromatic heterocycles. The monoisotopic (exact) mass is 593 g/mol. The molecule has 1 atom stereocenters. The van der Waals surface area contributed by atoms with E-state index in [1.807, 2.05) is 0 Å². The van der Waals surface area contributed by atoms with Gasteiger partial charge in [0.05, 0.1) is 11.1 Å². The van der Waals surface area contributed by atoms with E-state index in [-0.39, 0.29) is 0 Å². The number of benzene rings is 7. The fourth-order valence-corrected chi connectivity index (χ4v) is 8.13. The minimum atomic E-state index is -0.566. The molecule has 7 aromatic rings. The number of hydrogen-bond acceptors (Lipinski definition) is 1. The van der Waals surface area contributed by atoms with Crippen LogP contribution < -0.4 is 4.90 Å². The zero-order valence-electron chi connectivity index (χ0n) is 24.5. The van der Waals surface area contributed by atoms with Crippen LogP contribution in [-0.4, -0.2) is 0 Å². The van der Waals surface area contributed by atoms with E-state index in [1.54, 1.807) is 0 Å². The van der Waals surface area contributed by atoms with Gasteiger partial charge in [0.1, 0.15) is 0 Å². The predicted molar refractivity (Wildman–Crippen MR) is 188 cm³/mol. The number of anilines is 3. The maximum absolute atomic E-state index is 7.29. The third-order valence-electron chi connectivity index (χ3n) is 9.54. The van der Waals surface area contributed by atoms with E-state index in [0.29, 0.717) is 0 Å². The summed E-state index contributed by atoms with van der Waals surface area (Å²) in [6.45, 7) is 0. The van der Waals surface area contributed by atoms with Gasteiger partial charge in [-0.25, -0.2) is 0 Å². The molecular weight excluding hydrogens is 566 g/mol. The van der Waals surface area contributed by atoms with Gasteiger partial charge >= 0.3 is 0 Å². The van der Waals surface area contributed by atoms with Crippen molar-refractivity contribution in [3.8, 4) is 33.4 Å². The highest BCUT2D eigenvalue weighted by Gasteiger charge is 2.54.